The number of carbonyl (C=O) groups excluding carboxylic acids is 4. The van der Waals surface area contributed by atoms with Crippen molar-refractivity contribution in [3.05, 3.63) is 99.0 Å². The normalized spacial score (nSPS) is 21.5. The van der Waals surface area contributed by atoms with Gasteiger partial charge in [0.2, 0.25) is 11.8 Å². The number of aromatic nitrogens is 1. The van der Waals surface area contributed by atoms with Gasteiger partial charge in [0, 0.05) is 21.0 Å². The molecule has 1 saturated heterocycles. The number of benzene rings is 3. The minimum Gasteiger partial charge on any atom is -0.497 e. The van der Waals surface area contributed by atoms with Crippen LogP contribution in [0.2, 0.25) is 5.02 Å². The van der Waals surface area contributed by atoms with Gasteiger partial charge in [0.1, 0.15) is 5.75 Å². The molecule has 2 aliphatic carbocycles. The first kappa shape index (κ1) is 29.4. The summed E-state index contributed by atoms with van der Waals surface area (Å²) in [5.74, 6) is -1.18. The van der Waals surface area contributed by atoms with Gasteiger partial charge >= 0.3 is 5.97 Å². The second-order valence-corrected chi connectivity index (χ2v) is 12.8. The van der Waals surface area contributed by atoms with Crippen LogP contribution in [0, 0.1) is 30.6 Å². The monoisotopic (exact) mass is 684 g/mol. The van der Waals surface area contributed by atoms with E-state index in [-0.39, 0.29) is 46.8 Å². The Hall–Kier alpha value is -4.34. The molecule has 1 aromatic heterocycles. The van der Waals surface area contributed by atoms with Crippen molar-refractivity contribution in [1.82, 2.24) is 4.98 Å². The molecule has 7 rings (SSSR count). The van der Waals surface area contributed by atoms with E-state index in [1.54, 1.807) is 67.6 Å². The third-order valence-electron chi connectivity index (χ3n) is 9.06. The molecule has 4 unspecified atom stereocenters. The molecule has 8 nitrogen and oxygen atoms in total. The van der Waals surface area contributed by atoms with E-state index in [0.29, 0.717) is 54.2 Å². The minimum atomic E-state index is -0.701. The SMILES string of the molecule is COc1cccc(C(=O)COC(=O)c2cc(-c3ccc(N4C(=O)C5C6C=CC(C6)C5C4=O)cc3)nc3c(C)c(Cl)c(Br)cc23)c1. The maximum absolute atomic E-state index is 13.5. The number of amides is 2. The highest BCUT2D eigenvalue weighted by atomic mass is 79.9. The number of esters is 1. The number of hydrogen-bond acceptors (Lipinski definition) is 7. The van der Waals surface area contributed by atoms with Gasteiger partial charge in [-0.1, -0.05) is 48.0 Å². The van der Waals surface area contributed by atoms with Crippen molar-refractivity contribution in [3.63, 3.8) is 0 Å². The highest BCUT2D eigenvalue weighted by molar-refractivity contribution is 9.10. The third kappa shape index (κ3) is 4.85. The first-order chi connectivity index (χ1) is 21.7. The number of methoxy groups -OCH3 is 1. The molecule has 2 bridgehead atoms. The van der Waals surface area contributed by atoms with Crippen LogP contribution >= 0.6 is 27.5 Å². The van der Waals surface area contributed by atoms with Crippen molar-refractivity contribution in [1.29, 1.82) is 0 Å². The smallest absolute Gasteiger partial charge is 0.339 e. The lowest BCUT2D eigenvalue weighted by Gasteiger charge is -2.18. The average molecular weight is 686 g/mol. The summed E-state index contributed by atoms with van der Waals surface area (Å²) in [5, 5.41) is 0.959. The number of halogens is 2. The number of allylic oxidation sites excluding steroid dienone is 2. The van der Waals surface area contributed by atoms with E-state index in [1.165, 1.54) is 12.0 Å². The molecule has 3 aromatic carbocycles. The molecular weight excluding hydrogens is 660 g/mol. The number of rotatable bonds is 7. The van der Waals surface area contributed by atoms with Crippen molar-refractivity contribution in [3.8, 4) is 17.0 Å². The molecule has 4 atom stereocenters. The third-order valence-corrected chi connectivity index (χ3v) is 10.4. The summed E-state index contributed by atoms with van der Waals surface area (Å²) < 4.78 is 11.3. The fourth-order valence-electron chi connectivity index (χ4n) is 6.80. The number of imide groups is 1. The van der Waals surface area contributed by atoms with Crippen LogP contribution in [0.1, 0.15) is 32.7 Å². The second-order valence-electron chi connectivity index (χ2n) is 11.5. The van der Waals surface area contributed by atoms with Gasteiger partial charge in [-0.3, -0.25) is 19.3 Å². The molecule has 0 N–H and O–H groups in total. The minimum absolute atomic E-state index is 0.126. The Morgan fingerprint density at radius 3 is 2.36 bits per heavy atom. The number of fused-ring (bicyclic) bond motifs is 6. The Balaban J connectivity index is 1.20. The molecule has 10 heteroatoms. The van der Waals surface area contributed by atoms with Gasteiger partial charge in [-0.25, -0.2) is 9.78 Å². The van der Waals surface area contributed by atoms with Crippen molar-refractivity contribution in [2.75, 3.05) is 18.6 Å². The number of ketones is 1. The van der Waals surface area contributed by atoms with E-state index >= 15 is 0 Å². The van der Waals surface area contributed by atoms with E-state index in [0.717, 1.165) is 6.42 Å². The Bertz CT molecular complexity index is 1940. The highest BCUT2D eigenvalue weighted by Gasteiger charge is 2.59. The van der Waals surface area contributed by atoms with Crippen molar-refractivity contribution in [2.24, 2.45) is 23.7 Å². The Kier molecular flexibility index (Phi) is 7.33. The van der Waals surface area contributed by atoms with Crippen LogP contribution in [0.25, 0.3) is 22.2 Å². The fraction of sp³-hybridized carbons (Fsp3) is 0.229. The van der Waals surface area contributed by atoms with E-state index < -0.39 is 12.6 Å². The summed E-state index contributed by atoms with van der Waals surface area (Å²) in [6, 6.07) is 16.9. The topological polar surface area (TPSA) is 103 Å². The predicted octanol–water partition coefficient (Wildman–Crippen LogP) is 6.99. The predicted molar refractivity (Wildman–Crippen MR) is 172 cm³/mol. The van der Waals surface area contributed by atoms with Gasteiger partial charge in [0.15, 0.2) is 12.4 Å². The zero-order valence-electron chi connectivity index (χ0n) is 24.3. The molecule has 1 saturated carbocycles. The summed E-state index contributed by atoms with van der Waals surface area (Å²) in [6.45, 7) is 1.34. The van der Waals surface area contributed by atoms with E-state index in [4.69, 9.17) is 26.1 Å². The summed E-state index contributed by atoms with van der Waals surface area (Å²) in [7, 11) is 1.51. The number of anilines is 1. The number of carbonyl (C=O) groups is 4. The van der Waals surface area contributed by atoms with Crippen LogP contribution in [-0.4, -0.2) is 42.3 Å². The van der Waals surface area contributed by atoms with Crippen molar-refractivity contribution in [2.45, 2.75) is 13.3 Å². The number of ether oxygens (including phenoxy) is 2. The summed E-state index contributed by atoms with van der Waals surface area (Å²) in [4.78, 5) is 59.1. The van der Waals surface area contributed by atoms with Gasteiger partial charge < -0.3 is 9.47 Å². The molecule has 3 aliphatic rings. The van der Waals surface area contributed by atoms with Crippen LogP contribution < -0.4 is 9.64 Å². The Morgan fingerprint density at radius 2 is 1.69 bits per heavy atom. The molecular formula is C35H26BrClN2O6. The van der Waals surface area contributed by atoms with Gasteiger partial charge in [0.05, 0.1) is 46.4 Å². The van der Waals surface area contributed by atoms with Gasteiger partial charge in [-0.2, -0.15) is 0 Å². The summed E-state index contributed by atoms with van der Waals surface area (Å²) >= 11 is 9.99. The molecule has 2 heterocycles. The van der Waals surface area contributed by atoms with Crippen molar-refractivity contribution >= 4 is 67.7 Å². The first-order valence-corrected chi connectivity index (χ1v) is 15.6. The summed E-state index contributed by atoms with van der Waals surface area (Å²) in [5.41, 5.74) is 3.33. The maximum atomic E-state index is 13.5. The molecule has 1 aliphatic heterocycles. The van der Waals surface area contributed by atoms with Crippen molar-refractivity contribution < 1.29 is 28.7 Å². The highest BCUT2D eigenvalue weighted by Crippen LogP contribution is 2.53. The zero-order chi connectivity index (χ0) is 31.6. The summed E-state index contributed by atoms with van der Waals surface area (Å²) in [6.07, 6.45) is 5.01. The van der Waals surface area contributed by atoms with E-state index in [1.807, 2.05) is 0 Å². The lowest BCUT2D eigenvalue weighted by Crippen LogP contribution is -2.32. The van der Waals surface area contributed by atoms with Gasteiger partial charge in [0.25, 0.3) is 0 Å². The van der Waals surface area contributed by atoms with Crippen LogP contribution in [0.4, 0.5) is 5.69 Å². The Labute approximate surface area is 272 Å². The Morgan fingerprint density at radius 1 is 1.00 bits per heavy atom. The lowest BCUT2D eigenvalue weighted by molar-refractivity contribution is -0.123. The van der Waals surface area contributed by atoms with E-state index in [2.05, 4.69) is 28.1 Å². The molecule has 2 fully saturated rings. The number of nitrogens with zero attached hydrogens (tertiary/aromatic N) is 2. The quantitative estimate of drug-likeness (QED) is 0.0895. The van der Waals surface area contributed by atoms with Crippen LogP contribution in [-0.2, 0) is 14.3 Å². The molecule has 0 spiro atoms. The first-order valence-electron chi connectivity index (χ1n) is 14.5. The fourth-order valence-corrected chi connectivity index (χ4v) is 7.47. The van der Waals surface area contributed by atoms with Gasteiger partial charge in [-0.15, -0.1) is 0 Å². The average Bonchev–Trinajstić information content (AvgIpc) is 3.75. The molecule has 2 amide bonds. The van der Waals surface area contributed by atoms with E-state index in [9.17, 15) is 19.2 Å². The number of hydrogen-bond donors (Lipinski definition) is 0. The number of pyridine rings is 1. The number of aryl methyl sites for hydroxylation is 1. The second kappa shape index (κ2) is 11.2. The molecule has 226 valence electrons. The molecule has 0 radical (unpaired) electrons. The molecule has 4 aromatic rings. The molecule has 45 heavy (non-hydrogen) atoms. The largest absolute Gasteiger partial charge is 0.497 e. The number of Topliss-reactive ketones (excluding diaryl/α,β-unsaturated/α-hetero) is 1. The van der Waals surface area contributed by atoms with Crippen LogP contribution in [0.15, 0.2) is 77.3 Å². The van der Waals surface area contributed by atoms with Gasteiger partial charge in [-0.05, 0) is 83.1 Å². The van der Waals surface area contributed by atoms with Crippen LogP contribution in [0.5, 0.6) is 5.75 Å². The lowest BCUT2D eigenvalue weighted by atomic mass is 9.85. The zero-order valence-corrected chi connectivity index (χ0v) is 26.6. The standard InChI is InChI=1S/C35H26BrClN2O6/c1-17-31(37)26(36)14-24-25(35(43)45-16-28(40)19-4-3-5-23(13-19)44-2)15-27(38-32(17)24)18-8-10-22(11-9-18)39-33(41)29-20-6-7-21(12-20)30(29)34(39)42/h3-11,13-15,20-21,29-30H,12,16H2,1-2H3. The maximum Gasteiger partial charge on any atom is 0.339 e. The van der Waals surface area contributed by atoms with Crippen LogP contribution in [0.3, 0.4) is 0 Å².